The molecule has 1 N–H and O–H groups in total. The van der Waals surface area contributed by atoms with Crippen molar-refractivity contribution in [2.75, 3.05) is 52.5 Å². The van der Waals surface area contributed by atoms with Crippen molar-refractivity contribution in [2.45, 2.75) is 39.8 Å². The number of aryl methyl sites for hydroxylation is 1. The lowest BCUT2D eigenvalue weighted by Crippen LogP contribution is -2.42. The summed E-state index contributed by atoms with van der Waals surface area (Å²) in [5.41, 5.74) is 0.693. The average Bonchev–Trinajstić information content (AvgIpc) is 3.25. The number of nitrogens with zero attached hydrogens (tertiary/aromatic N) is 3. The summed E-state index contributed by atoms with van der Waals surface area (Å²) in [5.74, 6) is 0.202. The number of carbonyl (C=O) groups excluding carboxylic acids is 1. The predicted molar refractivity (Wildman–Crippen MR) is 147 cm³/mol. The third kappa shape index (κ3) is 5.59. The van der Waals surface area contributed by atoms with E-state index < -0.39 is 0 Å². The van der Waals surface area contributed by atoms with Crippen LogP contribution in [0.4, 0.5) is 0 Å². The second-order valence-corrected chi connectivity index (χ2v) is 10.9. The highest BCUT2D eigenvalue weighted by Gasteiger charge is 2.25. The number of benzene rings is 1. The Hall–Kier alpha value is -2.46. The molecule has 1 aliphatic rings. The van der Waals surface area contributed by atoms with Crippen LogP contribution in [0.5, 0.6) is 5.75 Å². The minimum atomic E-state index is -0.198. The van der Waals surface area contributed by atoms with E-state index in [4.69, 9.17) is 9.47 Å². The van der Waals surface area contributed by atoms with Crippen LogP contribution in [0.25, 0.3) is 21.0 Å². The van der Waals surface area contributed by atoms with Gasteiger partial charge in [0.05, 0.1) is 23.4 Å². The summed E-state index contributed by atoms with van der Waals surface area (Å²) in [6, 6.07) is 8.58. The molecule has 0 radical (unpaired) electrons. The zero-order valence-corrected chi connectivity index (χ0v) is 22.8. The van der Waals surface area contributed by atoms with E-state index in [9.17, 15) is 9.59 Å². The van der Waals surface area contributed by atoms with Crippen LogP contribution in [0.15, 0.2) is 29.1 Å². The van der Waals surface area contributed by atoms with Gasteiger partial charge in [0.15, 0.2) is 5.75 Å². The van der Waals surface area contributed by atoms with Gasteiger partial charge in [-0.05, 0) is 33.8 Å². The van der Waals surface area contributed by atoms with Gasteiger partial charge in [-0.2, -0.15) is 0 Å². The fourth-order valence-electron chi connectivity index (χ4n) is 4.92. The number of aromatic nitrogens is 1. The van der Waals surface area contributed by atoms with Crippen molar-refractivity contribution >= 4 is 38.2 Å². The highest BCUT2D eigenvalue weighted by atomic mass is 32.1. The molecule has 3 aromatic rings. The highest BCUT2D eigenvalue weighted by molar-refractivity contribution is 7.22. The Kier molecular flexibility index (Phi) is 8.66. The smallest absolute Gasteiger partial charge is 0.265 e. The molecule has 2 aromatic heterocycles. The molecule has 0 saturated carbocycles. The summed E-state index contributed by atoms with van der Waals surface area (Å²) in [6.45, 7) is 14.2. The van der Waals surface area contributed by atoms with E-state index in [1.54, 1.807) is 11.6 Å². The van der Waals surface area contributed by atoms with E-state index in [2.05, 4.69) is 42.8 Å². The molecule has 4 rings (SSSR count). The molecule has 1 fully saturated rings. The molecule has 196 valence electrons. The minimum Gasteiger partial charge on any atom is -0.490 e. The second kappa shape index (κ2) is 11.7. The summed E-state index contributed by atoms with van der Waals surface area (Å²) < 4.78 is 14.1. The van der Waals surface area contributed by atoms with E-state index in [1.807, 2.05) is 24.3 Å². The number of amides is 1. The Morgan fingerprint density at radius 3 is 2.56 bits per heavy atom. The molecule has 0 atom stereocenters. The molecular weight excluding hydrogens is 476 g/mol. The molecule has 3 heterocycles. The van der Waals surface area contributed by atoms with E-state index >= 15 is 0 Å². The van der Waals surface area contributed by atoms with Crippen LogP contribution < -0.4 is 15.6 Å². The second-order valence-electron chi connectivity index (χ2n) is 9.83. The lowest BCUT2D eigenvalue weighted by Gasteiger charge is -2.30. The number of ether oxygens (including phenoxy) is 2. The fourth-order valence-corrected chi connectivity index (χ4v) is 6.10. The van der Waals surface area contributed by atoms with Crippen molar-refractivity contribution in [3.05, 3.63) is 39.5 Å². The molecule has 1 amide bonds. The summed E-state index contributed by atoms with van der Waals surface area (Å²) in [6.07, 6.45) is 0. The van der Waals surface area contributed by atoms with Crippen LogP contribution in [0.3, 0.4) is 0 Å². The van der Waals surface area contributed by atoms with Gasteiger partial charge in [-0.3, -0.25) is 19.4 Å². The van der Waals surface area contributed by atoms with Crippen molar-refractivity contribution in [1.82, 2.24) is 19.7 Å². The number of thiophene rings is 1. The van der Waals surface area contributed by atoms with Gasteiger partial charge < -0.3 is 19.4 Å². The number of hydrogen-bond acceptors (Lipinski definition) is 7. The maximum Gasteiger partial charge on any atom is 0.265 e. The van der Waals surface area contributed by atoms with E-state index in [0.717, 1.165) is 35.2 Å². The molecule has 0 aliphatic carbocycles. The third-order valence-corrected chi connectivity index (χ3v) is 8.04. The van der Waals surface area contributed by atoms with Crippen LogP contribution in [0.2, 0.25) is 0 Å². The first-order valence-electron chi connectivity index (χ1n) is 12.8. The number of fused-ring (bicyclic) bond motifs is 3. The van der Waals surface area contributed by atoms with Crippen molar-refractivity contribution in [3.63, 3.8) is 0 Å². The SMILES string of the molecule is CC(C)N(CCNC(=O)c1sc2c(c1OCCN1CCOCC1)c(=O)n(C)c1ccccc21)C(C)C. The Morgan fingerprint density at radius 2 is 1.86 bits per heavy atom. The topological polar surface area (TPSA) is 76.0 Å². The van der Waals surface area contributed by atoms with Gasteiger partial charge in [0.1, 0.15) is 16.9 Å². The average molecular weight is 515 g/mol. The Balaban J connectivity index is 1.65. The van der Waals surface area contributed by atoms with Crippen molar-refractivity contribution < 1.29 is 14.3 Å². The van der Waals surface area contributed by atoms with Gasteiger partial charge in [-0.1, -0.05) is 18.2 Å². The fraction of sp³-hybridized carbons (Fsp3) is 0.556. The van der Waals surface area contributed by atoms with Gasteiger partial charge in [-0.25, -0.2) is 0 Å². The quantitative estimate of drug-likeness (QED) is 0.447. The molecule has 36 heavy (non-hydrogen) atoms. The number of rotatable bonds is 10. The lowest BCUT2D eigenvalue weighted by molar-refractivity contribution is 0.0323. The number of nitrogens with one attached hydrogen (secondary N) is 1. The van der Waals surface area contributed by atoms with Crippen molar-refractivity contribution in [3.8, 4) is 5.75 Å². The van der Waals surface area contributed by atoms with Crippen LogP contribution in [-0.2, 0) is 11.8 Å². The summed E-state index contributed by atoms with van der Waals surface area (Å²) in [4.78, 5) is 31.9. The summed E-state index contributed by atoms with van der Waals surface area (Å²) in [5, 5.41) is 4.51. The summed E-state index contributed by atoms with van der Waals surface area (Å²) in [7, 11) is 1.77. The van der Waals surface area contributed by atoms with Gasteiger partial charge in [0.25, 0.3) is 11.5 Å². The first-order chi connectivity index (χ1) is 17.3. The van der Waals surface area contributed by atoms with Gasteiger partial charge in [0.2, 0.25) is 0 Å². The van der Waals surface area contributed by atoms with E-state index in [0.29, 0.717) is 61.0 Å². The van der Waals surface area contributed by atoms with Crippen LogP contribution in [-0.4, -0.2) is 84.9 Å². The van der Waals surface area contributed by atoms with Gasteiger partial charge in [-0.15, -0.1) is 11.3 Å². The molecule has 1 saturated heterocycles. The molecule has 9 heteroatoms. The highest BCUT2D eigenvalue weighted by Crippen LogP contribution is 2.39. The summed E-state index contributed by atoms with van der Waals surface area (Å²) >= 11 is 1.34. The largest absolute Gasteiger partial charge is 0.490 e. The third-order valence-electron chi connectivity index (χ3n) is 6.84. The number of para-hydroxylation sites is 1. The monoisotopic (exact) mass is 514 g/mol. The first-order valence-corrected chi connectivity index (χ1v) is 13.6. The first kappa shape index (κ1) is 26.6. The zero-order valence-electron chi connectivity index (χ0n) is 22.0. The standard InChI is InChI=1S/C27H38N4O4S/c1-18(2)31(19(3)4)11-10-28-26(32)25-23(35-17-14-30-12-15-34-16-13-30)22-24(36-25)20-8-6-7-9-21(20)29(5)27(22)33/h6-9,18-19H,10-17H2,1-5H3,(H,28,32). The molecule has 0 spiro atoms. The maximum absolute atomic E-state index is 13.4. The Morgan fingerprint density at radius 1 is 1.17 bits per heavy atom. The molecule has 1 aromatic carbocycles. The van der Waals surface area contributed by atoms with E-state index in [1.165, 1.54) is 11.3 Å². The number of morpholine rings is 1. The Bertz CT molecular complexity index is 1250. The van der Waals surface area contributed by atoms with E-state index in [-0.39, 0.29) is 11.5 Å². The van der Waals surface area contributed by atoms with Gasteiger partial charge in [0, 0.05) is 57.2 Å². The minimum absolute atomic E-state index is 0.147. The number of pyridine rings is 1. The molecule has 8 nitrogen and oxygen atoms in total. The zero-order chi connectivity index (χ0) is 25.8. The van der Waals surface area contributed by atoms with Crippen LogP contribution >= 0.6 is 11.3 Å². The number of hydrogen-bond donors (Lipinski definition) is 1. The normalized spacial score (nSPS) is 15.0. The maximum atomic E-state index is 13.4. The van der Waals surface area contributed by atoms with Crippen molar-refractivity contribution in [1.29, 1.82) is 0 Å². The van der Waals surface area contributed by atoms with Crippen LogP contribution in [0.1, 0.15) is 37.4 Å². The van der Waals surface area contributed by atoms with Gasteiger partial charge >= 0.3 is 0 Å². The lowest BCUT2D eigenvalue weighted by atomic mass is 10.1. The molecule has 1 aliphatic heterocycles. The molecular formula is C27H38N4O4S. The number of carbonyl (C=O) groups is 1. The predicted octanol–water partition coefficient (Wildman–Crippen LogP) is 3.31. The van der Waals surface area contributed by atoms with Crippen molar-refractivity contribution in [2.24, 2.45) is 7.05 Å². The Labute approximate surface area is 216 Å². The molecule has 0 unspecified atom stereocenters. The van der Waals surface area contributed by atoms with Crippen LogP contribution in [0, 0.1) is 0 Å². The molecule has 0 bridgehead atoms.